The van der Waals surface area contributed by atoms with Crippen LogP contribution in [0.3, 0.4) is 0 Å². The van der Waals surface area contributed by atoms with E-state index in [0.29, 0.717) is 37.6 Å². The number of benzene rings is 3. The molecule has 0 spiro atoms. The van der Waals surface area contributed by atoms with E-state index in [1.807, 2.05) is 42.5 Å². The van der Waals surface area contributed by atoms with Crippen LogP contribution in [0, 0.1) is 0 Å². The molecule has 1 aliphatic rings. The summed E-state index contributed by atoms with van der Waals surface area (Å²) in [6.07, 6.45) is -0.645. The van der Waals surface area contributed by atoms with Crippen LogP contribution in [-0.4, -0.2) is 68.2 Å². The van der Waals surface area contributed by atoms with Crippen molar-refractivity contribution in [3.8, 4) is 5.75 Å². The molecule has 4 rings (SSSR count). The summed E-state index contributed by atoms with van der Waals surface area (Å²) in [5.41, 5.74) is 0. The van der Waals surface area contributed by atoms with Crippen LogP contribution in [0.15, 0.2) is 77.7 Å². The van der Waals surface area contributed by atoms with Gasteiger partial charge in [0.25, 0.3) is 0 Å². The first-order chi connectivity index (χ1) is 14.5. The average molecular weight is 427 g/mol. The second-order valence-electron chi connectivity index (χ2n) is 7.49. The van der Waals surface area contributed by atoms with Gasteiger partial charge in [0.05, 0.1) is 4.90 Å². The highest BCUT2D eigenvalue weighted by Gasteiger charge is 2.28. The van der Waals surface area contributed by atoms with Crippen molar-refractivity contribution in [2.75, 3.05) is 39.3 Å². The van der Waals surface area contributed by atoms with Crippen molar-refractivity contribution in [2.24, 2.45) is 0 Å². The van der Waals surface area contributed by atoms with Crippen LogP contribution >= 0.6 is 0 Å². The molecule has 1 N–H and O–H groups in total. The van der Waals surface area contributed by atoms with Crippen molar-refractivity contribution in [2.45, 2.75) is 11.0 Å². The molecular formula is C23H26N2O4S. The molecule has 0 bridgehead atoms. The van der Waals surface area contributed by atoms with Crippen LogP contribution in [-0.2, 0) is 10.0 Å². The Bertz CT molecular complexity index is 1080. The molecule has 1 atom stereocenters. The Balaban J connectivity index is 1.26. The van der Waals surface area contributed by atoms with Crippen molar-refractivity contribution in [1.82, 2.24) is 9.21 Å². The van der Waals surface area contributed by atoms with Gasteiger partial charge in [-0.05, 0) is 35.0 Å². The lowest BCUT2D eigenvalue weighted by atomic mass is 10.1. The quantitative estimate of drug-likeness (QED) is 0.629. The first kappa shape index (κ1) is 20.8. The van der Waals surface area contributed by atoms with E-state index >= 15 is 0 Å². The van der Waals surface area contributed by atoms with Crippen molar-refractivity contribution >= 4 is 20.8 Å². The van der Waals surface area contributed by atoms with Crippen LogP contribution < -0.4 is 4.74 Å². The Labute approximate surface area is 177 Å². The lowest BCUT2D eigenvalue weighted by Gasteiger charge is -2.34. The predicted octanol–water partition coefficient (Wildman–Crippen LogP) is 2.59. The topological polar surface area (TPSA) is 70.1 Å². The minimum absolute atomic E-state index is 0.195. The van der Waals surface area contributed by atoms with Gasteiger partial charge in [0.1, 0.15) is 18.5 Å². The Kier molecular flexibility index (Phi) is 6.34. The normalized spacial score (nSPS) is 17.1. The van der Waals surface area contributed by atoms with Crippen molar-refractivity contribution < 1.29 is 18.3 Å². The number of rotatable bonds is 7. The van der Waals surface area contributed by atoms with Crippen LogP contribution in [0.25, 0.3) is 10.8 Å². The van der Waals surface area contributed by atoms with Crippen molar-refractivity contribution in [3.05, 3.63) is 72.8 Å². The van der Waals surface area contributed by atoms with E-state index in [-0.39, 0.29) is 6.61 Å². The summed E-state index contributed by atoms with van der Waals surface area (Å²) in [5, 5.41) is 12.6. The number of aliphatic hydroxyl groups is 1. The second-order valence-corrected chi connectivity index (χ2v) is 9.43. The monoisotopic (exact) mass is 426 g/mol. The van der Waals surface area contributed by atoms with Gasteiger partial charge < -0.3 is 9.84 Å². The maximum atomic E-state index is 12.7. The molecule has 1 heterocycles. The predicted molar refractivity (Wildman–Crippen MR) is 117 cm³/mol. The zero-order chi connectivity index (χ0) is 21.0. The van der Waals surface area contributed by atoms with E-state index in [1.54, 1.807) is 30.3 Å². The largest absolute Gasteiger partial charge is 0.491 e. The summed E-state index contributed by atoms with van der Waals surface area (Å²) in [5.74, 6) is 0.728. The van der Waals surface area contributed by atoms with E-state index in [1.165, 1.54) is 4.31 Å². The summed E-state index contributed by atoms with van der Waals surface area (Å²) in [6, 6.07) is 22.4. The zero-order valence-corrected chi connectivity index (χ0v) is 17.5. The zero-order valence-electron chi connectivity index (χ0n) is 16.7. The molecule has 30 heavy (non-hydrogen) atoms. The van der Waals surface area contributed by atoms with E-state index in [0.717, 1.165) is 16.5 Å². The number of piperazine rings is 1. The number of hydrogen-bond donors (Lipinski definition) is 1. The third-order valence-corrected chi connectivity index (χ3v) is 7.26. The number of ether oxygens (including phenoxy) is 1. The molecule has 0 aliphatic carbocycles. The summed E-state index contributed by atoms with van der Waals surface area (Å²) in [4.78, 5) is 2.40. The maximum Gasteiger partial charge on any atom is 0.243 e. The van der Waals surface area contributed by atoms with Crippen molar-refractivity contribution in [3.63, 3.8) is 0 Å². The van der Waals surface area contributed by atoms with E-state index in [2.05, 4.69) is 4.90 Å². The minimum Gasteiger partial charge on any atom is -0.491 e. The summed E-state index contributed by atoms with van der Waals surface area (Å²) >= 11 is 0. The third-order valence-electron chi connectivity index (χ3n) is 5.34. The average Bonchev–Trinajstić information content (AvgIpc) is 2.78. The number of fused-ring (bicyclic) bond motifs is 1. The molecule has 1 fully saturated rings. The Morgan fingerprint density at radius 1 is 0.867 bits per heavy atom. The van der Waals surface area contributed by atoms with Gasteiger partial charge in [-0.3, -0.25) is 4.90 Å². The fourth-order valence-electron chi connectivity index (χ4n) is 3.69. The van der Waals surface area contributed by atoms with Gasteiger partial charge in [-0.15, -0.1) is 0 Å². The molecule has 0 amide bonds. The Morgan fingerprint density at radius 3 is 2.27 bits per heavy atom. The van der Waals surface area contributed by atoms with Gasteiger partial charge in [-0.25, -0.2) is 8.42 Å². The molecule has 0 saturated carbocycles. The SMILES string of the molecule is O=S(=O)(c1ccccc1)N1CCN(CC(O)COc2ccc3ccccc3c2)CC1. The molecule has 1 unspecified atom stereocenters. The van der Waals surface area contributed by atoms with Gasteiger partial charge in [0.15, 0.2) is 0 Å². The van der Waals surface area contributed by atoms with Crippen LogP contribution in [0.4, 0.5) is 0 Å². The maximum absolute atomic E-state index is 12.7. The minimum atomic E-state index is -3.46. The standard InChI is InChI=1S/C23H26N2O4S/c26-21(18-29-22-11-10-19-6-4-5-7-20(19)16-22)17-24-12-14-25(15-13-24)30(27,28)23-8-2-1-3-9-23/h1-11,16,21,26H,12-15,17-18H2. The molecule has 0 aromatic heterocycles. The van der Waals surface area contributed by atoms with Crippen molar-refractivity contribution in [1.29, 1.82) is 0 Å². The second kappa shape index (κ2) is 9.14. The van der Waals surface area contributed by atoms with Crippen LogP contribution in [0.5, 0.6) is 5.75 Å². The number of β-amino-alcohol motifs (C(OH)–C–C–N with tert-alkyl or cyclic N) is 1. The fraction of sp³-hybridized carbons (Fsp3) is 0.304. The number of nitrogens with zero attached hydrogens (tertiary/aromatic N) is 2. The van der Waals surface area contributed by atoms with E-state index < -0.39 is 16.1 Å². The molecule has 6 nitrogen and oxygen atoms in total. The first-order valence-electron chi connectivity index (χ1n) is 10.1. The Hall–Kier alpha value is -2.45. The number of hydrogen-bond acceptors (Lipinski definition) is 5. The molecule has 1 saturated heterocycles. The highest BCUT2D eigenvalue weighted by Crippen LogP contribution is 2.21. The summed E-state index contributed by atoms with van der Waals surface area (Å²) in [7, 11) is -3.46. The molecule has 3 aromatic carbocycles. The molecule has 3 aromatic rings. The third kappa shape index (κ3) is 4.82. The molecular weight excluding hydrogens is 400 g/mol. The van der Waals surface area contributed by atoms with Gasteiger partial charge in [0, 0.05) is 32.7 Å². The van der Waals surface area contributed by atoms with E-state index in [9.17, 15) is 13.5 Å². The van der Waals surface area contributed by atoms with Gasteiger partial charge >= 0.3 is 0 Å². The number of aliphatic hydroxyl groups excluding tert-OH is 1. The fourth-order valence-corrected chi connectivity index (χ4v) is 5.14. The highest BCUT2D eigenvalue weighted by atomic mass is 32.2. The lowest BCUT2D eigenvalue weighted by molar-refractivity contribution is 0.0569. The highest BCUT2D eigenvalue weighted by molar-refractivity contribution is 7.89. The smallest absolute Gasteiger partial charge is 0.243 e. The van der Waals surface area contributed by atoms with Crippen LogP contribution in [0.1, 0.15) is 0 Å². The van der Waals surface area contributed by atoms with Gasteiger partial charge in [-0.1, -0.05) is 48.5 Å². The molecule has 7 heteroatoms. The molecule has 1 aliphatic heterocycles. The Morgan fingerprint density at radius 2 is 1.53 bits per heavy atom. The number of sulfonamides is 1. The molecule has 158 valence electrons. The first-order valence-corrected chi connectivity index (χ1v) is 11.5. The van der Waals surface area contributed by atoms with E-state index in [4.69, 9.17) is 4.74 Å². The van der Waals surface area contributed by atoms with Crippen LogP contribution in [0.2, 0.25) is 0 Å². The summed E-state index contributed by atoms with van der Waals surface area (Å²) < 4.78 is 32.7. The lowest BCUT2D eigenvalue weighted by Crippen LogP contribution is -2.50. The molecule has 0 radical (unpaired) electrons. The summed E-state index contributed by atoms with van der Waals surface area (Å²) in [6.45, 7) is 2.64. The van der Waals surface area contributed by atoms with Gasteiger partial charge in [0.2, 0.25) is 10.0 Å². The van der Waals surface area contributed by atoms with Gasteiger partial charge in [-0.2, -0.15) is 4.31 Å².